The maximum Gasteiger partial charge on any atom is 0.271 e. The van der Waals surface area contributed by atoms with Crippen molar-refractivity contribution in [2.24, 2.45) is 4.99 Å². The number of hydrogen-bond acceptors (Lipinski definition) is 5. The molecule has 1 N–H and O–H groups in total. The van der Waals surface area contributed by atoms with Crippen LogP contribution in [-0.2, 0) is 9.59 Å². The normalized spacial score (nSPS) is 15.0. The number of nitrogens with one attached hydrogen (secondary N) is 1. The number of carbonyl (C=O) groups excluding carboxylic acids is 2. The van der Waals surface area contributed by atoms with Crippen LogP contribution in [0.1, 0.15) is 22.3 Å². The van der Waals surface area contributed by atoms with Gasteiger partial charge in [0.1, 0.15) is 5.75 Å². The van der Waals surface area contributed by atoms with Crippen LogP contribution in [-0.4, -0.2) is 23.6 Å². The van der Waals surface area contributed by atoms with Gasteiger partial charge in [-0.1, -0.05) is 70.7 Å². The number of aryl methyl sites for hydroxylation is 3. The fourth-order valence-corrected chi connectivity index (χ4v) is 5.51. The molecule has 1 fully saturated rings. The first-order valence-corrected chi connectivity index (χ1v) is 14.7. The van der Waals surface area contributed by atoms with Crippen LogP contribution in [0.3, 0.4) is 0 Å². The van der Waals surface area contributed by atoms with Gasteiger partial charge >= 0.3 is 0 Å². The van der Waals surface area contributed by atoms with E-state index in [-0.39, 0.29) is 18.4 Å². The van der Waals surface area contributed by atoms with E-state index in [2.05, 4.69) is 5.32 Å². The molecule has 0 aliphatic carbocycles. The van der Waals surface area contributed by atoms with Crippen LogP contribution in [0.15, 0.2) is 94.8 Å². The van der Waals surface area contributed by atoms with Gasteiger partial charge in [-0.2, -0.15) is 0 Å². The van der Waals surface area contributed by atoms with Gasteiger partial charge in [-0.05, 0) is 98.3 Å². The van der Waals surface area contributed by atoms with Gasteiger partial charge in [0.2, 0.25) is 0 Å². The maximum atomic E-state index is 13.6. The molecule has 212 valence electrons. The minimum Gasteiger partial charge on any atom is -0.482 e. The predicted octanol–water partition coefficient (Wildman–Crippen LogP) is 8.74. The van der Waals surface area contributed by atoms with Crippen LogP contribution in [0, 0.1) is 20.8 Å². The van der Waals surface area contributed by atoms with Crippen LogP contribution in [0.25, 0.3) is 6.08 Å². The molecule has 0 atom stereocenters. The molecule has 2 amide bonds. The Bertz CT molecular complexity index is 1720. The summed E-state index contributed by atoms with van der Waals surface area (Å²) in [6.45, 7) is 5.67. The van der Waals surface area contributed by atoms with Crippen molar-refractivity contribution >= 4 is 75.1 Å². The molecule has 1 heterocycles. The third-order valence-corrected chi connectivity index (χ3v) is 8.10. The van der Waals surface area contributed by atoms with Gasteiger partial charge in [-0.3, -0.25) is 14.5 Å². The number of rotatable bonds is 7. The zero-order chi connectivity index (χ0) is 29.8. The Balaban J connectivity index is 1.33. The van der Waals surface area contributed by atoms with Gasteiger partial charge in [-0.15, -0.1) is 0 Å². The number of ether oxygens (including phenoxy) is 1. The summed E-state index contributed by atoms with van der Waals surface area (Å²) in [7, 11) is 0. The number of anilines is 2. The van der Waals surface area contributed by atoms with E-state index in [0.29, 0.717) is 37.1 Å². The fourth-order valence-electron chi connectivity index (χ4n) is 4.09. The van der Waals surface area contributed by atoms with Crippen molar-refractivity contribution in [3.8, 4) is 5.75 Å². The molecule has 4 aromatic carbocycles. The van der Waals surface area contributed by atoms with E-state index >= 15 is 0 Å². The lowest BCUT2D eigenvalue weighted by atomic mass is 10.2. The first-order chi connectivity index (χ1) is 20.2. The predicted molar refractivity (Wildman–Crippen MR) is 174 cm³/mol. The summed E-state index contributed by atoms with van der Waals surface area (Å²) in [6, 6.07) is 26.0. The van der Waals surface area contributed by atoms with Crippen LogP contribution in [0.5, 0.6) is 5.75 Å². The Hall–Kier alpha value is -4.04. The van der Waals surface area contributed by atoms with E-state index < -0.39 is 0 Å². The van der Waals surface area contributed by atoms with E-state index in [4.69, 9.17) is 32.9 Å². The molecule has 0 saturated carbocycles. The van der Waals surface area contributed by atoms with E-state index in [0.717, 1.165) is 28.1 Å². The van der Waals surface area contributed by atoms with Crippen molar-refractivity contribution in [1.29, 1.82) is 0 Å². The van der Waals surface area contributed by atoms with E-state index in [1.54, 1.807) is 41.3 Å². The van der Waals surface area contributed by atoms with Crippen LogP contribution >= 0.6 is 35.0 Å². The molecule has 1 saturated heterocycles. The average molecular weight is 617 g/mol. The molecule has 42 heavy (non-hydrogen) atoms. The fraction of sp³-hybridized carbons (Fsp3) is 0.121. The average Bonchev–Trinajstić information content (AvgIpc) is 3.26. The summed E-state index contributed by atoms with van der Waals surface area (Å²) in [4.78, 5) is 32.9. The molecule has 0 aromatic heterocycles. The molecule has 0 radical (unpaired) electrons. The van der Waals surface area contributed by atoms with Crippen molar-refractivity contribution in [1.82, 2.24) is 0 Å². The second-order valence-corrected chi connectivity index (χ2v) is 11.6. The summed E-state index contributed by atoms with van der Waals surface area (Å²) < 4.78 is 5.65. The summed E-state index contributed by atoms with van der Waals surface area (Å²) in [5, 5.41) is 4.19. The zero-order valence-corrected chi connectivity index (χ0v) is 25.5. The molecule has 6 nitrogen and oxygen atoms in total. The topological polar surface area (TPSA) is 71.0 Å². The van der Waals surface area contributed by atoms with Crippen molar-refractivity contribution in [2.45, 2.75) is 20.8 Å². The van der Waals surface area contributed by atoms with Gasteiger partial charge in [0, 0.05) is 10.7 Å². The highest BCUT2D eigenvalue weighted by molar-refractivity contribution is 8.19. The molecule has 4 aromatic rings. The Kier molecular flexibility index (Phi) is 9.02. The number of benzene rings is 4. The van der Waals surface area contributed by atoms with E-state index in [1.807, 2.05) is 75.4 Å². The maximum absolute atomic E-state index is 13.6. The van der Waals surface area contributed by atoms with E-state index in [9.17, 15) is 9.59 Å². The van der Waals surface area contributed by atoms with Crippen molar-refractivity contribution in [3.05, 3.63) is 122 Å². The third kappa shape index (κ3) is 7.05. The molecule has 1 aliphatic rings. The Morgan fingerprint density at radius 3 is 2.26 bits per heavy atom. The van der Waals surface area contributed by atoms with Gasteiger partial charge in [-0.25, -0.2) is 4.99 Å². The molecule has 0 bridgehead atoms. The Morgan fingerprint density at radius 2 is 1.60 bits per heavy atom. The van der Waals surface area contributed by atoms with Crippen LogP contribution in [0.4, 0.5) is 17.1 Å². The van der Waals surface area contributed by atoms with Gasteiger partial charge in [0.25, 0.3) is 11.8 Å². The lowest BCUT2D eigenvalue weighted by molar-refractivity contribution is -0.118. The number of amidine groups is 1. The smallest absolute Gasteiger partial charge is 0.271 e. The van der Waals surface area contributed by atoms with Gasteiger partial charge < -0.3 is 10.1 Å². The molecule has 0 spiro atoms. The molecular formula is C33H27Cl2N3O3S. The molecule has 0 unspecified atom stereocenters. The second-order valence-electron chi connectivity index (χ2n) is 9.81. The van der Waals surface area contributed by atoms with E-state index in [1.165, 1.54) is 11.8 Å². The largest absolute Gasteiger partial charge is 0.482 e. The summed E-state index contributed by atoms with van der Waals surface area (Å²) in [5.41, 5.74) is 5.93. The molecule has 5 rings (SSSR count). The molecule has 1 aliphatic heterocycles. The minimum atomic E-state index is -0.346. The van der Waals surface area contributed by atoms with Crippen LogP contribution < -0.4 is 15.0 Å². The summed E-state index contributed by atoms with van der Waals surface area (Å²) in [5.74, 6) is -0.176. The minimum absolute atomic E-state index is 0.181. The molecule has 9 heteroatoms. The Labute approximate surface area is 259 Å². The summed E-state index contributed by atoms with van der Waals surface area (Å²) in [6.07, 6.45) is 1.77. The zero-order valence-electron chi connectivity index (χ0n) is 23.2. The van der Waals surface area contributed by atoms with Crippen LogP contribution in [0.2, 0.25) is 10.0 Å². The lowest BCUT2D eigenvalue weighted by Crippen LogP contribution is -2.28. The number of hydrogen-bond donors (Lipinski definition) is 1. The SMILES string of the molecule is Cc1ccc(N=C2S/C(=C\c3ccc(OCC(=O)Nc4ccc(C)c(Cl)c4)c(Cl)c3)C(=O)N2c2ccc(C)cc2)cc1. The first kappa shape index (κ1) is 29.5. The van der Waals surface area contributed by atoms with Gasteiger partial charge in [0.15, 0.2) is 11.8 Å². The second kappa shape index (κ2) is 12.9. The number of aliphatic imine (C=N–C) groups is 1. The van der Waals surface area contributed by atoms with Crippen molar-refractivity contribution in [3.63, 3.8) is 0 Å². The highest BCUT2D eigenvalue weighted by Crippen LogP contribution is 2.38. The first-order valence-electron chi connectivity index (χ1n) is 13.1. The number of halogens is 2. The molecular weight excluding hydrogens is 589 g/mol. The quantitative estimate of drug-likeness (QED) is 0.211. The third-order valence-electron chi connectivity index (χ3n) is 6.43. The number of nitrogens with zero attached hydrogens (tertiary/aromatic N) is 2. The van der Waals surface area contributed by atoms with Gasteiger partial charge in [0.05, 0.1) is 21.3 Å². The number of thioether (sulfide) groups is 1. The highest BCUT2D eigenvalue weighted by Gasteiger charge is 2.34. The number of carbonyl (C=O) groups is 2. The standard InChI is InChI=1S/C33H27Cl2N3O3S/c1-20-4-10-24(11-5-20)37-33-38(26-13-6-21(2)7-14-26)32(40)30(42-33)17-23-9-15-29(28(35)16-23)41-19-31(39)36-25-12-8-22(3)27(34)18-25/h4-18H,19H2,1-3H3,(H,36,39)/b30-17-,37-33?. The Morgan fingerprint density at radius 1 is 0.905 bits per heavy atom. The summed E-state index contributed by atoms with van der Waals surface area (Å²) >= 11 is 13.9. The van der Waals surface area contributed by atoms with Crippen molar-refractivity contribution in [2.75, 3.05) is 16.8 Å². The highest BCUT2D eigenvalue weighted by atomic mass is 35.5. The van der Waals surface area contributed by atoms with Crippen molar-refractivity contribution < 1.29 is 14.3 Å². The number of amides is 2. The monoisotopic (exact) mass is 615 g/mol. The lowest BCUT2D eigenvalue weighted by Gasteiger charge is -2.16.